The summed E-state index contributed by atoms with van der Waals surface area (Å²) in [6, 6.07) is 94.5. The molecule has 0 unspecified atom stereocenters. The second kappa shape index (κ2) is 24.3. The normalized spacial score (nSPS) is 14.7. The lowest BCUT2D eigenvalue weighted by Crippen LogP contribution is -2.72. The predicted octanol–water partition coefficient (Wildman–Crippen LogP) is 20.6. The van der Waals surface area contributed by atoms with Crippen molar-refractivity contribution in [3.8, 4) is 44.5 Å². The van der Waals surface area contributed by atoms with E-state index in [4.69, 9.17) is 9.97 Å². The Morgan fingerprint density at radius 1 is 0.288 bits per heavy atom. The zero-order valence-electron chi connectivity index (χ0n) is 64.1. The maximum atomic E-state index is 6.56. The molecule has 0 radical (unpaired) electrons. The van der Waals surface area contributed by atoms with Gasteiger partial charge in [-0.2, -0.15) is 0 Å². The Labute approximate surface area is 619 Å². The molecular weight excluding hydrogens is 1290 g/mol. The largest absolute Gasteiger partial charge is 0.354 e. The van der Waals surface area contributed by atoms with Gasteiger partial charge >= 0.3 is 0 Å². The molecule has 0 fully saturated rings. The Morgan fingerprint density at radius 3 is 1.06 bits per heavy atom. The highest BCUT2D eigenvalue weighted by Gasteiger charge is 2.55. The van der Waals surface area contributed by atoms with Crippen LogP contribution in [0.15, 0.2) is 243 Å². The van der Waals surface area contributed by atoms with E-state index >= 15 is 0 Å². The van der Waals surface area contributed by atoms with Crippen LogP contribution in [0.25, 0.3) is 89.5 Å². The van der Waals surface area contributed by atoms with Crippen LogP contribution in [0.2, 0.25) is 0 Å². The van der Waals surface area contributed by atoms with Gasteiger partial charge in [0.05, 0.1) is 22.8 Å². The maximum Gasteiger partial charge on any atom is 0.183 e. The van der Waals surface area contributed by atoms with Gasteiger partial charge in [-0.1, -0.05) is 349 Å². The average molecular weight is 1390 g/mol. The third-order valence-electron chi connectivity index (χ3n) is 22.8. The highest BCUT2D eigenvalue weighted by Crippen LogP contribution is 2.51. The van der Waals surface area contributed by atoms with Crippen LogP contribution >= 0.6 is 0 Å². The van der Waals surface area contributed by atoms with Gasteiger partial charge in [0.2, 0.25) is 0 Å². The van der Waals surface area contributed by atoms with Crippen LogP contribution in [-0.2, 0) is 32.5 Å². The Balaban J connectivity index is 1.23. The molecule has 518 valence electrons. The lowest BCUT2D eigenvalue weighted by Gasteiger charge is -2.33. The molecule has 12 aromatic rings. The van der Waals surface area contributed by atoms with Crippen LogP contribution in [0.5, 0.6) is 0 Å². The third kappa shape index (κ3) is 11.1. The number of H-pyrrole nitrogens is 2. The first-order valence-electron chi connectivity index (χ1n) is 37.5. The minimum absolute atomic E-state index is 0.171. The Kier molecular flexibility index (Phi) is 16.0. The van der Waals surface area contributed by atoms with Gasteiger partial charge in [-0.3, -0.25) is 0 Å². The van der Waals surface area contributed by atoms with Crippen LogP contribution in [-0.4, -0.2) is 36.1 Å². The molecule has 8 bridgehead atoms. The van der Waals surface area contributed by atoms with Crippen molar-refractivity contribution in [1.29, 1.82) is 0 Å². The zero-order valence-corrected chi connectivity index (χ0v) is 66.1. The van der Waals surface area contributed by atoms with E-state index in [2.05, 4.69) is 389 Å². The molecule has 4 nitrogen and oxygen atoms in total. The van der Waals surface area contributed by atoms with Crippen molar-refractivity contribution in [2.24, 2.45) is 0 Å². The quantitative estimate of drug-likeness (QED) is 0.156. The summed E-state index contributed by atoms with van der Waals surface area (Å²) >= 11 is 0. The topological polar surface area (TPSA) is 57.4 Å². The molecule has 0 aliphatic carbocycles. The summed E-state index contributed by atoms with van der Waals surface area (Å²) < 4.78 is 0. The van der Waals surface area contributed by atoms with Gasteiger partial charge in [0.1, 0.15) is 0 Å². The molecule has 0 saturated carbocycles. The molecule has 0 spiro atoms. The Morgan fingerprint density at radius 2 is 0.635 bits per heavy atom. The molecule has 0 amide bonds. The zero-order chi connectivity index (χ0) is 73.0. The second-order valence-corrected chi connectivity index (χ2v) is 43.4. The number of fused-ring (bicyclic) bond motifs is 17. The van der Waals surface area contributed by atoms with Crippen molar-refractivity contribution in [3.05, 3.63) is 304 Å². The summed E-state index contributed by atoms with van der Waals surface area (Å²) in [5.74, 6) is 0. The van der Waals surface area contributed by atoms with Crippen molar-refractivity contribution in [2.45, 2.75) is 157 Å². The summed E-state index contributed by atoms with van der Waals surface area (Å²) in [4.78, 5) is 21.8. The van der Waals surface area contributed by atoms with Crippen molar-refractivity contribution in [2.75, 3.05) is 0 Å². The fourth-order valence-corrected chi connectivity index (χ4v) is 27.8. The molecule has 16 rings (SSSR count). The smallest absolute Gasteiger partial charge is 0.183 e. The average Bonchev–Trinajstić information content (AvgIpc) is 1.51. The van der Waals surface area contributed by atoms with Gasteiger partial charge in [0, 0.05) is 49.9 Å². The maximum absolute atomic E-state index is 6.56. The number of benzene rings is 9. The minimum atomic E-state index is -3.37. The van der Waals surface area contributed by atoms with Crippen LogP contribution in [0.3, 0.4) is 0 Å². The SMILES string of the molecule is CC(C)(C)c1cc(-c2c3nc(c(-c4cc(C(C)(C)C)cc(C(C)(C)C)c4)c4[nH]c(cc5nc(c(-c6cc(C(C)(C)C)cc(C(C)(C)C)c6)c6ccc2[nH]6)C2=C5c5ccccc5[Si]2(c2ccccc2)c2ccccc2)c2c4[Si](c4ccccc4)(c4ccccc4)c4ccccc4-2)C=C3)cc(C(C)(C)C)c1. The standard InChI is InChI=1S/C98H98N4Si2/c1-93(2,3)64-51-61(52-65(57-64)94(4,5)6)84-76-47-49-78(99-76)85(62-53-66(95(7,8)9)58-67(54-62)96(10,11)12)89-91-87(74-43-31-33-45-82(74)103(91,70-35-23-19-24-36-70)71-37-25-20-26-38-71)80(101-89)60-81-88-75-44-32-34-46-83(75)104(72-39-27-21-28-40-72,73-41-29-22-30-42-73)92(88)90(102-81)86(79-50-48-77(84)100-79)63-55-68(97(13,14)15)59-69(56-63)98(16,17)18/h19-60,99,102H,1-18H3. The van der Waals surface area contributed by atoms with Crippen molar-refractivity contribution < 1.29 is 0 Å². The van der Waals surface area contributed by atoms with E-state index in [1.54, 1.807) is 0 Å². The number of nitrogens with one attached hydrogen (secondary N) is 2. The van der Waals surface area contributed by atoms with Gasteiger partial charge in [0.25, 0.3) is 0 Å². The molecule has 4 aliphatic rings. The van der Waals surface area contributed by atoms with Gasteiger partial charge in [-0.05, 0) is 166 Å². The predicted molar refractivity (Wildman–Crippen MR) is 451 cm³/mol. The molecule has 9 aromatic carbocycles. The Bertz CT molecular complexity index is 5530. The second-order valence-electron chi connectivity index (χ2n) is 36.0. The number of hydrogen-bond donors (Lipinski definition) is 2. The fraction of sp³-hybridized carbons (Fsp3) is 0.245. The van der Waals surface area contributed by atoms with Crippen molar-refractivity contribution in [1.82, 2.24) is 19.9 Å². The molecule has 104 heavy (non-hydrogen) atoms. The molecular formula is C98H98N4Si2. The highest BCUT2D eigenvalue weighted by atomic mass is 28.3. The molecule has 7 heterocycles. The fourth-order valence-electron chi connectivity index (χ4n) is 17.1. The van der Waals surface area contributed by atoms with Crippen molar-refractivity contribution >= 4 is 97.4 Å². The van der Waals surface area contributed by atoms with E-state index in [9.17, 15) is 0 Å². The van der Waals surface area contributed by atoms with Gasteiger partial charge < -0.3 is 9.97 Å². The summed E-state index contributed by atoms with van der Waals surface area (Å²) in [5.41, 5.74) is 25.9. The van der Waals surface area contributed by atoms with E-state index < -0.39 is 16.1 Å². The summed E-state index contributed by atoms with van der Waals surface area (Å²) in [7, 11) is -6.73. The number of hydrogen-bond acceptors (Lipinski definition) is 2. The van der Waals surface area contributed by atoms with Gasteiger partial charge in [0.15, 0.2) is 16.1 Å². The van der Waals surface area contributed by atoms with E-state index in [1.807, 2.05) is 0 Å². The first kappa shape index (κ1) is 68.4. The lowest BCUT2D eigenvalue weighted by molar-refractivity contribution is 0.568. The van der Waals surface area contributed by atoms with E-state index in [-0.39, 0.29) is 32.5 Å². The number of aromatic nitrogens is 4. The van der Waals surface area contributed by atoms with E-state index in [1.165, 1.54) is 97.1 Å². The summed E-state index contributed by atoms with van der Waals surface area (Å²) in [6.07, 6.45) is 4.67. The van der Waals surface area contributed by atoms with Crippen LogP contribution < -0.4 is 36.3 Å². The molecule has 4 aliphatic heterocycles. The summed E-state index contributed by atoms with van der Waals surface area (Å²) in [5, 5.41) is 10.7. The molecule has 2 N–H and O–H groups in total. The monoisotopic (exact) mass is 1390 g/mol. The first-order valence-corrected chi connectivity index (χ1v) is 41.5. The van der Waals surface area contributed by atoms with Gasteiger partial charge in [-0.15, -0.1) is 0 Å². The van der Waals surface area contributed by atoms with E-state index in [0.29, 0.717) is 0 Å². The van der Waals surface area contributed by atoms with Crippen molar-refractivity contribution in [3.63, 3.8) is 0 Å². The third-order valence-corrected chi connectivity index (χ3v) is 32.6. The number of aromatic amines is 2. The highest BCUT2D eigenvalue weighted by molar-refractivity contribution is 7.25. The van der Waals surface area contributed by atoms with Gasteiger partial charge in [-0.25, -0.2) is 9.97 Å². The molecule has 0 saturated heterocycles. The lowest BCUT2D eigenvalue weighted by atomic mass is 9.78. The molecule has 0 atom stereocenters. The molecule has 3 aromatic heterocycles. The van der Waals surface area contributed by atoms with Crippen LogP contribution in [0.4, 0.5) is 0 Å². The van der Waals surface area contributed by atoms with E-state index in [0.717, 1.165) is 78.2 Å². The first-order chi connectivity index (χ1) is 49.3. The molecule has 6 heteroatoms. The number of rotatable bonds is 7. The van der Waals surface area contributed by atoms with Crippen LogP contribution in [0, 0.1) is 0 Å². The summed E-state index contributed by atoms with van der Waals surface area (Å²) in [6.45, 7) is 42.5. The number of nitrogens with zero attached hydrogens (tertiary/aromatic N) is 2. The Hall–Kier alpha value is -9.99. The minimum Gasteiger partial charge on any atom is -0.354 e. The van der Waals surface area contributed by atoms with Crippen LogP contribution in [0.1, 0.15) is 186 Å².